The first-order chi connectivity index (χ1) is 5.22. The summed E-state index contributed by atoms with van der Waals surface area (Å²) in [5.41, 5.74) is 5.58. The summed E-state index contributed by atoms with van der Waals surface area (Å²) < 4.78 is 0. The molecule has 0 saturated carbocycles. The van der Waals surface area contributed by atoms with Crippen LogP contribution in [0.3, 0.4) is 0 Å². The maximum atomic E-state index is 5.58. The van der Waals surface area contributed by atoms with Crippen molar-refractivity contribution in [3.05, 3.63) is 6.92 Å². The molecule has 70 valence electrons. The summed E-state index contributed by atoms with van der Waals surface area (Å²) in [6, 6.07) is 0.449. The fourth-order valence-electron chi connectivity index (χ4n) is 0.575. The van der Waals surface area contributed by atoms with Gasteiger partial charge in [0.05, 0.1) is 0 Å². The van der Waals surface area contributed by atoms with Crippen LogP contribution in [0.1, 0.15) is 52.9 Å². The molecule has 0 aromatic heterocycles. The summed E-state index contributed by atoms with van der Waals surface area (Å²) in [5.74, 6) is 0. The van der Waals surface area contributed by atoms with E-state index in [0.29, 0.717) is 6.04 Å². The molecule has 1 atom stereocenters. The maximum Gasteiger partial charge on any atom is 1.00 e. The minimum Gasteiger partial charge on any atom is -0.343 e. The first-order valence-corrected chi connectivity index (χ1v) is 4.77. The van der Waals surface area contributed by atoms with Gasteiger partial charge in [0.2, 0.25) is 0 Å². The van der Waals surface area contributed by atoms with Crippen molar-refractivity contribution in [2.45, 2.75) is 58.9 Å². The zero-order chi connectivity index (χ0) is 9.11. The Morgan fingerprint density at radius 3 is 1.67 bits per heavy atom. The third-order valence-electron chi connectivity index (χ3n) is 1.54. The van der Waals surface area contributed by atoms with Crippen molar-refractivity contribution < 1.29 is 18.9 Å². The van der Waals surface area contributed by atoms with E-state index in [0.717, 1.165) is 12.8 Å². The van der Waals surface area contributed by atoms with Gasteiger partial charge in [0.1, 0.15) is 0 Å². The van der Waals surface area contributed by atoms with E-state index in [-0.39, 0.29) is 18.9 Å². The molecule has 1 nitrogen and oxygen atoms in total. The van der Waals surface area contributed by atoms with Crippen molar-refractivity contribution in [3.63, 3.8) is 0 Å². The molecule has 0 saturated heterocycles. The van der Waals surface area contributed by atoms with Crippen LogP contribution in [-0.2, 0) is 0 Å². The Balaban J connectivity index is -0.000000142. The Labute approximate surface area is 90.7 Å². The van der Waals surface area contributed by atoms with E-state index in [2.05, 4.69) is 27.7 Å². The van der Waals surface area contributed by atoms with Crippen LogP contribution in [0.4, 0.5) is 0 Å². The standard InChI is InChI=1S/C6H15N.C4H9.Li/c1-3-5-6(7)4-2;1-3-4-2;/h6H,3-5,7H2,1-2H3;1,3-4H2,2H3;/q;-1;+1. The summed E-state index contributed by atoms with van der Waals surface area (Å²) >= 11 is 0. The average Bonchev–Trinajstić information content (AvgIpc) is 2.05. The Bertz CT molecular complexity index is 55.8. The van der Waals surface area contributed by atoms with Crippen LogP contribution in [0.25, 0.3) is 0 Å². The van der Waals surface area contributed by atoms with Crippen molar-refractivity contribution in [1.29, 1.82) is 0 Å². The van der Waals surface area contributed by atoms with E-state index in [1.165, 1.54) is 19.3 Å². The minimum absolute atomic E-state index is 0. The maximum absolute atomic E-state index is 5.58. The first-order valence-electron chi connectivity index (χ1n) is 4.77. The molecular formula is C10H24LiN. The second-order valence-corrected chi connectivity index (χ2v) is 2.81. The van der Waals surface area contributed by atoms with E-state index in [9.17, 15) is 0 Å². The molecule has 0 heterocycles. The molecule has 2 N–H and O–H groups in total. The predicted octanol–water partition coefficient (Wildman–Crippen LogP) is 0.148. The summed E-state index contributed by atoms with van der Waals surface area (Å²) in [6.07, 6.45) is 5.79. The van der Waals surface area contributed by atoms with Crippen molar-refractivity contribution in [3.8, 4) is 0 Å². The summed E-state index contributed by atoms with van der Waals surface area (Å²) in [4.78, 5) is 0. The molecule has 2 heteroatoms. The summed E-state index contributed by atoms with van der Waals surface area (Å²) in [7, 11) is 0. The van der Waals surface area contributed by atoms with Gasteiger partial charge in [0, 0.05) is 6.04 Å². The monoisotopic (exact) mass is 165 g/mol. The van der Waals surface area contributed by atoms with Crippen LogP contribution in [0.15, 0.2) is 0 Å². The molecule has 0 radical (unpaired) electrons. The second-order valence-electron chi connectivity index (χ2n) is 2.81. The van der Waals surface area contributed by atoms with E-state index < -0.39 is 0 Å². The van der Waals surface area contributed by atoms with E-state index >= 15 is 0 Å². The van der Waals surface area contributed by atoms with Crippen LogP contribution in [0.5, 0.6) is 0 Å². The molecule has 0 aliphatic heterocycles. The molecule has 0 aliphatic carbocycles. The number of hydrogen-bond donors (Lipinski definition) is 1. The van der Waals surface area contributed by atoms with Gasteiger partial charge >= 0.3 is 18.9 Å². The molecule has 0 fully saturated rings. The molecular weight excluding hydrogens is 141 g/mol. The minimum atomic E-state index is 0. The molecule has 0 amide bonds. The molecule has 0 bridgehead atoms. The van der Waals surface area contributed by atoms with Gasteiger partial charge in [-0.1, -0.05) is 33.6 Å². The number of nitrogens with two attached hydrogens (primary N) is 1. The van der Waals surface area contributed by atoms with Gasteiger partial charge in [-0.2, -0.15) is 6.42 Å². The predicted molar refractivity (Wildman–Crippen MR) is 53.4 cm³/mol. The molecule has 0 spiro atoms. The largest absolute Gasteiger partial charge is 1.00 e. The third kappa shape index (κ3) is 22.4. The van der Waals surface area contributed by atoms with Gasteiger partial charge in [-0.15, -0.1) is 0 Å². The van der Waals surface area contributed by atoms with Crippen LogP contribution in [-0.4, -0.2) is 6.04 Å². The van der Waals surface area contributed by atoms with Crippen molar-refractivity contribution >= 4 is 0 Å². The zero-order valence-corrected chi connectivity index (χ0v) is 9.40. The molecule has 0 aromatic rings. The van der Waals surface area contributed by atoms with Gasteiger partial charge < -0.3 is 12.7 Å². The van der Waals surface area contributed by atoms with Crippen LogP contribution < -0.4 is 24.6 Å². The van der Waals surface area contributed by atoms with Gasteiger partial charge in [-0.25, -0.2) is 0 Å². The van der Waals surface area contributed by atoms with Crippen molar-refractivity contribution in [2.24, 2.45) is 5.73 Å². The molecule has 1 unspecified atom stereocenters. The zero-order valence-electron chi connectivity index (χ0n) is 9.40. The Morgan fingerprint density at radius 1 is 1.17 bits per heavy atom. The first kappa shape index (κ1) is 18.4. The SMILES string of the molecule is CCCC(N)CC.[CH2-]CCC.[Li+]. The third-order valence-corrected chi connectivity index (χ3v) is 1.54. The van der Waals surface area contributed by atoms with Crippen LogP contribution >= 0.6 is 0 Å². The van der Waals surface area contributed by atoms with Gasteiger partial charge in [-0.05, 0) is 12.8 Å². The van der Waals surface area contributed by atoms with Gasteiger partial charge in [-0.3, -0.25) is 0 Å². The van der Waals surface area contributed by atoms with Gasteiger partial charge in [0.15, 0.2) is 0 Å². The van der Waals surface area contributed by atoms with E-state index in [1.807, 2.05) is 0 Å². The summed E-state index contributed by atoms with van der Waals surface area (Å²) in [6.45, 7) is 10.0. The van der Waals surface area contributed by atoms with E-state index in [4.69, 9.17) is 5.73 Å². The van der Waals surface area contributed by atoms with Crippen molar-refractivity contribution in [1.82, 2.24) is 0 Å². The Kier molecular flexibility index (Phi) is 26.9. The normalized spacial score (nSPS) is 10.8. The summed E-state index contributed by atoms with van der Waals surface area (Å²) in [5, 5.41) is 0. The molecule has 12 heavy (non-hydrogen) atoms. The fraction of sp³-hybridized carbons (Fsp3) is 0.900. The second kappa shape index (κ2) is 17.6. The molecule has 0 rings (SSSR count). The Hall–Kier alpha value is 0.557. The van der Waals surface area contributed by atoms with Gasteiger partial charge in [0.25, 0.3) is 0 Å². The number of unbranched alkanes of at least 4 members (excludes halogenated alkanes) is 1. The fourth-order valence-corrected chi connectivity index (χ4v) is 0.575. The van der Waals surface area contributed by atoms with Crippen LogP contribution in [0.2, 0.25) is 0 Å². The average molecular weight is 165 g/mol. The molecule has 0 aromatic carbocycles. The Morgan fingerprint density at radius 2 is 1.58 bits per heavy atom. The van der Waals surface area contributed by atoms with E-state index in [1.54, 1.807) is 0 Å². The van der Waals surface area contributed by atoms with Crippen molar-refractivity contribution in [2.75, 3.05) is 0 Å². The number of rotatable bonds is 4. The quantitative estimate of drug-likeness (QED) is 0.466. The smallest absolute Gasteiger partial charge is 0.343 e. The van der Waals surface area contributed by atoms with Crippen LogP contribution in [0, 0.1) is 6.92 Å². The number of hydrogen-bond acceptors (Lipinski definition) is 1. The topological polar surface area (TPSA) is 26.0 Å². The molecule has 0 aliphatic rings.